The molecule has 11 nitrogen and oxygen atoms in total. The third-order valence-electron chi connectivity index (χ3n) is 6.69. The van der Waals surface area contributed by atoms with Gasteiger partial charge in [-0.15, -0.1) is 0 Å². The van der Waals surface area contributed by atoms with Gasteiger partial charge in [0.05, 0.1) is 25.7 Å². The first-order chi connectivity index (χ1) is 18.8. The SMILES string of the molecule is COc1ccc2c(c1)C(=O)N(CC1(C#Cc3ccc(-n4cnc(CCNC(C)=O)c4)cc3)NC(=O)NC1O)C2. The number of nitrogens with zero attached hydrogens (tertiary/aromatic N) is 3. The Morgan fingerprint density at radius 2 is 2.05 bits per heavy atom. The lowest BCUT2D eigenvalue weighted by Gasteiger charge is -2.30. The zero-order valence-corrected chi connectivity index (χ0v) is 21.5. The maximum atomic E-state index is 13.1. The van der Waals surface area contributed by atoms with Crippen LogP contribution in [0.2, 0.25) is 0 Å². The van der Waals surface area contributed by atoms with Gasteiger partial charge in [-0.1, -0.05) is 17.9 Å². The van der Waals surface area contributed by atoms with E-state index in [-0.39, 0.29) is 18.4 Å². The van der Waals surface area contributed by atoms with Crippen LogP contribution in [-0.2, 0) is 17.8 Å². The van der Waals surface area contributed by atoms with Crippen molar-refractivity contribution in [1.29, 1.82) is 0 Å². The number of benzene rings is 2. The summed E-state index contributed by atoms with van der Waals surface area (Å²) < 4.78 is 7.11. The van der Waals surface area contributed by atoms with Crippen LogP contribution in [0, 0.1) is 11.8 Å². The Kier molecular flexibility index (Phi) is 6.96. The van der Waals surface area contributed by atoms with Crippen LogP contribution in [0.4, 0.5) is 4.79 Å². The molecule has 2 atom stereocenters. The van der Waals surface area contributed by atoms with E-state index in [4.69, 9.17) is 4.74 Å². The number of fused-ring (bicyclic) bond motifs is 1. The van der Waals surface area contributed by atoms with Crippen LogP contribution in [0.15, 0.2) is 55.0 Å². The van der Waals surface area contributed by atoms with Gasteiger partial charge in [0.25, 0.3) is 5.91 Å². The van der Waals surface area contributed by atoms with E-state index >= 15 is 0 Å². The summed E-state index contributed by atoms with van der Waals surface area (Å²) in [6.45, 7) is 2.31. The molecule has 0 bridgehead atoms. The molecule has 2 aliphatic heterocycles. The Labute approximate surface area is 225 Å². The summed E-state index contributed by atoms with van der Waals surface area (Å²) in [5, 5.41) is 18.6. The van der Waals surface area contributed by atoms with Crippen molar-refractivity contribution >= 4 is 17.8 Å². The summed E-state index contributed by atoms with van der Waals surface area (Å²) in [4.78, 5) is 42.2. The van der Waals surface area contributed by atoms with Crippen LogP contribution in [0.1, 0.15) is 34.1 Å². The van der Waals surface area contributed by atoms with E-state index < -0.39 is 17.8 Å². The highest BCUT2D eigenvalue weighted by molar-refractivity contribution is 5.99. The van der Waals surface area contributed by atoms with E-state index in [0.29, 0.717) is 36.4 Å². The first-order valence-electron chi connectivity index (χ1n) is 12.4. The molecule has 2 unspecified atom stereocenters. The predicted octanol–water partition coefficient (Wildman–Crippen LogP) is 0.937. The van der Waals surface area contributed by atoms with E-state index in [1.165, 1.54) is 14.0 Å². The van der Waals surface area contributed by atoms with E-state index in [1.807, 2.05) is 41.1 Å². The van der Waals surface area contributed by atoms with E-state index in [0.717, 1.165) is 16.9 Å². The lowest BCUT2D eigenvalue weighted by Crippen LogP contribution is -2.56. The Hall–Kier alpha value is -4.82. The van der Waals surface area contributed by atoms with Crippen molar-refractivity contribution in [2.75, 3.05) is 20.2 Å². The Balaban J connectivity index is 1.32. The summed E-state index contributed by atoms with van der Waals surface area (Å²) in [6, 6.07) is 12.2. The second-order valence-electron chi connectivity index (χ2n) is 9.46. The molecule has 1 fully saturated rings. The average Bonchev–Trinajstić information content (AvgIpc) is 3.59. The molecule has 0 aliphatic carbocycles. The molecule has 1 aromatic heterocycles. The standard InChI is InChI=1S/C28H28N6O5/c1-18(35)29-12-10-21-15-34(17-30-21)22-6-3-19(4-7-22)9-11-28(26(37)31-27(38)32-28)16-33-14-20-5-8-23(39-2)13-24(20)25(33)36/h3-8,13,15,17,26,37H,10,12,14,16H2,1-2H3,(H,29,35)(H2,31,32,38). The van der Waals surface area contributed by atoms with Crippen molar-refractivity contribution in [3.63, 3.8) is 0 Å². The number of ether oxygens (including phenoxy) is 1. The molecule has 3 heterocycles. The number of rotatable bonds is 7. The third-order valence-corrected chi connectivity index (χ3v) is 6.69. The molecule has 5 rings (SSSR count). The molecule has 39 heavy (non-hydrogen) atoms. The molecule has 0 saturated carbocycles. The number of amides is 4. The molecule has 3 aromatic rings. The molecule has 4 amide bonds. The number of imidazole rings is 1. The summed E-state index contributed by atoms with van der Waals surface area (Å²) in [5.74, 6) is 6.34. The number of carbonyl (C=O) groups is 3. The fraction of sp³-hybridized carbons (Fsp3) is 0.286. The van der Waals surface area contributed by atoms with Crippen molar-refractivity contribution in [1.82, 2.24) is 30.4 Å². The number of aromatic nitrogens is 2. The normalized spacial score (nSPS) is 19.6. The largest absolute Gasteiger partial charge is 0.497 e. The fourth-order valence-electron chi connectivity index (χ4n) is 4.62. The van der Waals surface area contributed by atoms with Gasteiger partial charge < -0.3 is 35.3 Å². The maximum absolute atomic E-state index is 13.1. The topological polar surface area (TPSA) is 138 Å². The monoisotopic (exact) mass is 528 g/mol. The van der Waals surface area contributed by atoms with Gasteiger partial charge in [-0.25, -0.2) is 9.78 Å². The second kappa shape index (κ2) is 10.5. The minimum absolute atomic E-state index is 0.00980. The Morgan fingerprint density at radius 3 is 2.74 bits per heavy atom. The minimum Gasteiger partial charge on any atom is -0.497 e. The summed E-state index contributed by atoms with van der Waals surface area (Å²) in [5.41, 5.74) is 2.36. The third kappa shape index (κ3) is 5.42. The first kappa shape index (κ1) is 25.8. The lowest BCUT2D eigenvalue weighted by atomic mass is 9.98. The fourth-order valence-corrected chi connectivity index (χ4v) is 4.62. The first-order valence-corrected chi connectivity index (χ1v) is 12.4. The molecular weight excluding hydrogens is 500 g/mol. The zero-order chi connectivity index (χ0) is 27.6. The van der Waals surface area contributed by atoms with Crippen molar-refractivity contribution in [2.45, 2.75) is 31.7 Å². The van der Waals surface area contributed by atoms with Gasteiger partial charge in [-0.2, -0.15) is 0 Å². The quantitative estimate of drug-likeness (QED) is 0.337. The number of aliphatic hydroxyl groups excluding tert-OH is 1. The maximum Gasteiger partial charge on any atom is 0.318 e. The number of methoxy groups -OCH3 is 1. The van der Waals surface area contributed by atoms with Gasteiger partial charge in [0, 0.05) is 49.4 Å². The molecular formula is C28H28N6O5. The molecule has 2 aromatic carbocycles. The number of hydrogen-bond donors (Lipinski definition) is 4. The Bertz CT molecular complexity index is 1490. The van der Waals surface area contributed by atoms with Crippen LogP contribution in [0.5, 0.6) is 5.75 Å². The molecule has 0 spiro atoms. The van der Waals surface area contributed by atoms with Crippen LogP contribution in [0.25, 0.3) is 5.69 Å². The molecule has 2 aliphatic rings. The van der Waals surface area contributed by atoms with Crippen LogP contribution in [0.3, 0.4) is 0 Å². The summed E-state index contributed by atoms with van der Waals surface area (Å²) >= 11 is 0. The molecule has 4 N–H and O–H groups in total. The van der Waals surface area contributed by atoms with Gasteiger partial charge in [0.2, 0.25) is 5.91 Å². The van der Waals surface area contributed by atoms with Gasteiger partial charge in [-0.3, -0.25) is 9.59 Å². The number of urea groups is 1. The van der Waals surface area contributed by atoms with Crippen molar-refractivity contribution in [3.05, 3.63) is 77.4 Å². The Morgan fingerprint density at radius 1 is 1.26 bits per heavy atom. The predicted molar refractivity (Wildman–Crippen MR) is 141 cm³/mol. The van der Waals surface area contributed by atoms with Crippen LogP contribution >= 0.6 is 0 Å². The van der Waals surface area contributed by atoms with Crippen LogP contribution < -0.4 is 20.7 Å². The van der Waals surface area contributed by atoms with E-state index in [1.54, 1.807) is 23.4 Å². The van der Waals surface area contributed by atoms with E-state index in [2.05, 4.69) is 32.8 Å². The van der Waals surface area contributed by atoms with Crippen molar-refractivity contribution in [3.8, 4) is 23.3 Å². The average molecular weight is 529 g/mol. The zero-order valence-electron chi connectivity index (χ0n) is 21.5. The van der Waals surface area contributed by atoms with Crippen molar-refractivity contribution < 1.29 is 24.2 Å². The summed E-state index contributed by atoms with van der Waals surface area (Å²) in [6.07, 6.45) is 2.91. The second-order valence-corrected chi connectivity index (χ2v) is 9.46. The molecule has 200 valence electrons. The van der Waals surface area contributed by atoms with Crippen molar-refractivity contribution in [2.24, 2.45) is 0 Å². The molecule has 1 saturated heterocycles. The molecule has 0 radical (unpaired) electrons. The number of aliphatic hydroxyl groups is 1. The van der Waals surface area contributed by atoms with Gasteiger partial charge in [0.15, 0.2) is 11.8 Å². The highest BCUT2D eigenvalue weighted by atomic mass is 16.5. The van der Waals surface area contributed by atoms with E-state index in [9.17, 15) is 19.5 Å². The van der Waals surface area contributed by atoms with Gasteiger partial charge in [0.1, 0.15) is 5.75 Å². The number of nitrogens with one attached hydrogen (secondary N) is 3. The van der Waals surface area contributed by atoms with Gasteiger partial charge >= 0.3 is 6.03 Å². The highest BCUT2D eigenvalue weighted by Gasteiger charge is 2.48. The number of hydrogen-bond acceptors (Lipinski definition) is 6. The molecule has 11 heteroatoms. The highest BCUT2D eigenvalue weighted by Crippen LogP contribution is 2.29. The minimum atomic E-state index is -1.40. The number of carbonyl (C=O) groups excluding carboxylic acids is 3. The lowest BCUT2D eigenvalue weighted by molar-refractivity contribution is -0.118. The summed E-state index contributed by atoms with van der Waals surface area (Å²) in [7, 11) is 1.54. The smallest absolute Gasteiger partial charge is 0.318 e. The van der Waals surface area contributed by atoms with Crippen LogP contribution in [-0.4, -0.2) is 69.4 Å². The van der Waals surface area contributed by atoms with Gasteiger partial charge in [-0.05, 0) is 42.0 Å².